The van der Waals surface area contributed by atoms with E-state index in [0.29, 0.717) is 0 Å². The molecule has 0 aliphatic rings. The Bertz CT molecular complexity index is 372. The number of esters is 1. The highest BCUT2D eigenvalue weighted by Gasteiger charge is 2.74. The van der Waals surface area contributed by atoms with Gasteiger partial charge >= 0.3 is 30.1 Å². The largest absolute Gasteiger partial charge is 0.473 e. The Morgan fingerprint density at radius 3 is 1.75 bits per heavy atom. The van der Waals surface area contributed by atoms with Crippen molar-refractivity contribution in [1.82, 2.24) is 0 Å². The van der Waals surface area contributed by atoms with Gasteiger partial charge in [-0.3, -0.25) is 0 Å². The van der Waals surface area contributed by atoms with Gasteiger partial charge in [-0.2, -0.15) is 39.5 Å². The highest BCUT2D eigenvalue weighted by Crippen LogP contribution is 2.49. The van der Waals surface area contributed by atoms with E-state index >= 15 is 0 Å². The highest BCUT2D eigenvalue weighted by atomic mass is 19.4. The van der Waals surface area contributed by atoms with Crippen molar-refractivity contribution in [3.63, 3.8) is 0 Å². The van der Waals surface area contributed by atoms with Crippen molar-refractivity contribution in [3.8, 4) is 0 Å². The van der Waals surface area contributed by atoms with E-state index in [2.05, 4.69) is 11.3 Å². The molecule has 0 amide bonds. The van der Waals surface area contributed by atoms with E-state index in [4.69, 9.17) is 0 Å². The van der Waals surface area contributed by atoms with Crippen LogP contribution in [0.4, 0.5) is 39.5 Å². The summed E-state index contributed by atoms with van der Waals surface area (Å²) < 4.78 is 115. The molecule has 0 aromatic carbocycles. The Morgan fingerprint density at radius 1 is 0.950 bits per heavy atom. The predicted molar refractivity (Wildman–Crippen MR) is 46.4 cm³/mol. The van der Waals surface area contributed by atoms with Crippen LogP contribution in [0.25, 0.3) is 0 Å². The molecule has 0 aromatic rings. The number of carbonyl (C=O) groups is 1. The van der Waals surface area contributed by atoms with E-state index < -0.39 is 42.9 Å². The lowest BCUT2D eigenvalue weighted by Crippen LogP contribution is -2.56. The summed E-state index contributed by atoms with van der Waals surface area (Å²) in [4.78, 5) is 10.3. The number of carbonyl (C=O) groups excluding carboxylic acids is 1. The SMILES string of the molecule is C=CC(=O)OC(F)(F)C(F)(F)C(F)(F)CCC(F)(F)F. The maximum atomic E-state index is 12.9. The van der Waals surface area contributed by atoms with Crippen LogP contribution < -0.4 is 0 Å². The molecular weight excluding hydrogens is 311 g/mol. The van der Waals surface area contributed by atoms with Gasteiger partial charge in [0, 0.05) is 18.9 Å². The second kappa shape index (κ2) is 5.52. The lowest BCUT2D eigenvalue weighted by Gasteiger charge is -2.31. The van der Waals surface area contributed by atoms with Gasteiger partial charge in [-0.25, -0.2) is 4.79 Å². The van der Waals surface area contributed by atoms with Crippen LogP contribution in [0.5, 0.6) is 0 Å². The van der Waals surface area contributed by atoms with E-state index in [9.17, 15) is 44.3 Å². The van der Waals surface area contributed by atoms with Gasteiger partial charge in [0.25, 0.3) is 0 Å². The Balaban J connectivity index is 5.16. The first-order chi connectivity index (χ1) is 8.66. The normalized spacial score (nSPS) is 14.1. The third-order valence-corrected chi connectivity index (χ3v) is 1.94. The first kappa shape index (κ1) is 18.6. The fraction of sp³-hybridized carbons (Fsp3) is 0.667. The van der Waals surface area contributed by atoms with Crippen molar-refractivity contribution in [2.24, 2.45) is 0 Å². The summed E-state index contributed by atoms with van der Waals surface area (Å²) in [6.07, 6.45) is -16.2. The fourth-order valence-electron chi connectivity index (χ4n) is 0.901. The topological polar surface area (TPSA) is 26.3 Å². The molecule has 0 fully saturated rings. The quantitative estimate of drug-likeness (QED) is 0.421. The maximum absolute atomic E-state index is 12.9. The molecule has 0 aromatic heterocycles. The predicted octanol–water partition coefficient (Wildman–Crippen LogP) is 3.92. The van der Waals surface area contributed by atoms with E-state index in [0.717, 1.165) is 0 Å². The second-order valence-electron chi connectivity index (χ2n) is 3.54. The number of hydrogen-bond acceptors (Lipinski definition) is 2. The molecule has 118 valence electrons. The van der Waals surface area contributed by atoms with Crippen molar-refractivity contribution < 1.29 is 49.0 Å². The Morgan fingerprint density at radius 2 is 1.40 bits per heavy atom. The molecule has 2 nitrogen and oxygen atoms in total. The molecule has 0 atom stereocenters. The molecule has 0 radical (unpaired) electrons. The second-order valence-corrected chi connectivity index (χ2v) is 3.54. The first-order valence-corrected chi connectivity index (χ1v) is 4.72. The van der Waals surface area contributed by atoms with E-state index in [1.165, 1.54) is 0 Å². The summed E-state index contributed by atoms with van der Waals surface area (Å²) in [6, 6.07) is 0. The van der Waals surface area contributed by atoms with Crippen molar-refractivity contribution in [2.75, 3.05) is 0 Å². The standard InChI is InChI=1S/C9H7F9O2/c1-2-5(19)20-9(17,18)8(15,16)6(10,11)3-4-7(12,13)14/h2H,1,3-4H2. The van der Waals surface area contributed by atoms with Gasteiger partial charge in [-0.05, 0) is 0 Å². The Hall–Kier alpha value is -1.42. The van der Waals surface area contributed by atoms with Crippen LogP contribution >= 0.6 is 0 Å². The van der Waals surface area contributed by atoms with Crippen molar-refractivity contribution in [2.45, 2.75) is 37.0 Å². The van der Waals surface area contributed by atoms with Gasteiger partial charge < -0.3 is 4.74 Å². The van der Waals surface area contributed by atoms with Gasteiger partial charge in [0.05, 0.1) is 0 Å². The van der Waals surface area contributed by atoms with Gasteiger partial charge in [-0.15, -0.1) is 0 Å². The molecule has 0 spiro atoms. The molecule has 0 heterocycles. The summed E-state index contributed by atoms with van der Waals surface area (Å²) >= 11 is 0. The van der Waals surface area contributed by atoms with E-state index in [1.54, 1.807) is 0 Å². The van der Waals surface area contributed by atoms with Crippen LogP contribution in [0.1, 0.15) is 12.8 Å². The molecule has 11 heteroatoms. The summed E-state index contributed by atoms with van der Waals surface area (Å²) in [6.45, 7) is 2.57. The van der Waals surface area contributed by atoms with Gasteiger partial charge in [0.1, 0.15) is 0 Å². The average Bonchev–Trinajstić information content (AvgIpc) is 2.24. The summed E-state index contributed by atoms with van der Waals surface area (Å²) in [5.74, 6) is -14.2. The van der Waals surface area contributed by atoms with Crippen LogP contribution in [0.2, 0.25) is 0 Å². The van der Waals surface area contributed by atoms with Gasteiger partial charge in [-0.1, -0.05) is 6.58 Å². The lowest BCUT2D eigenvalue weighted by molar-refractivity contribution is -0.386. The van der Waals surface area contributed by atoms with Gasteiger partial charge in [0.2, 0.25) is 0 Å². The number of hydrogen-bond donors (Lipinski definition) is 0. The smallest absolute Gasteiger partial charge is 0.393 e. The number of alkyl halides is 9. The molecule has 0 aliphatic carbocycles. The zero-order chi connectivity index (χ0) is 16.4. The zero-order valence-corrected chi connectivity index (χ0v) is 9.42. The monoisotopic (exact) mass is 318 g/mol. The summed E-state index contributed by atoms with van der Waals surface area (Å²) in [7, 11) is 0. The lowest BCUT2D eigenvalue weighted by atomic mass is 10.1. The van der Waals surface area contributed by atoms with E-state index in [1.807, 2.05) is 0 Å². The average molecular weight is 318 g/mol. The van der Waals surface area contributed by atoms with Crippen LogP contribution in [0, 0.1) is 0 Å². The zero-order valence-electron chi connectivity index (χ0n) is 9.42. The van der Waals surface area contributed by atoms with Crippen LogP contribution in [0.15, 0.2) is 12.7 Å². The molecule has 0 N–H and O–H groups in total. The minimum atomic E-state index is -6.32. The van der Waals surface area contributed by atoms with Crippen molar-refractivity contribution in [1.29, 1.82) is 0 Å². The molecule has 20 heavy (non-hydrogen) atoms. The van der Waals surface area contributed by atoms with Gasteiger partial charge in [0.15, 0.2) is 0 Å². The molecule has 0 rings (SSSR count). The van der Waals surface area contributed by atoms with Crippen LogP contribution in [-0.2, 0) is 9.53 Å². The van der Waals surface area contributed by atoms with Crippen LogP contribution in [-0.4, -0.2) is 30.1 Å². The third-order valence-electron chi connectivity index (χ3n) is 1.94. The van der Waals surface area contributed by atoms with Crippen molar-refractivity contribution >= 4 is 5.97 Å². The Labute approximate surface area is 106 Å². The Kier molecular flexibility index (Phi) is 5.13. The minimum absolute atomic E-state index is 0.00214. The molecule has 0 unspecified atom stereocenters. The molecule has 0 bridgehead atoms. The first-order valence-electron chi connectivity index (χ1n) is 4.72. The third kappa shape index (κ3) is 4.30. The number of ether oxygens (including phenoxy) is 1. The molecule has 0 saturated heterocycles. The number of halogens is 9. The minimum Gasteiger partial charge on any atom is -0.393 e. The fourth-order valence-corrected chi connectivity index (χ4v) is 0.901. The number of rotatable bonds is 6. The maximum Gasteiger partial charge on any atom is 0.473 e. The van der Waals surface area contributed by atoms with Crippen LogP contribution in [0.3, 0.4) is 0 Å². The summed E-state index contributed by atoms with van der Waals surface area (Å²) in [5.41, 5.74) is 0. The highest BCUT2D eigenvalue weighted by molar-refractivity contribution is 5.81. The summed E-state index contributed by atoms with van der Waals surface area (Å²) in [5, 5.41) is 0. The molecule has 0 saturated carbocycles. The molecular formula is C9H7F9O2. The van der Waals surface area contributed by atoms with E-state index in [-0.39, 0.29) is 6.08 Å². The molecule has 0 aliphatic heterocycles. The van der Waals surface area contributed by atoms with Crippen molar-refractivity contribution in [3.05, 3.63) is 12.7 Å².